The molecule has 96 valence electrons. The lowest BCUT2D eigenvalue weighted by atomic mass is 10.6. The number of nitrogens with two attached hydrogens (primary N) is 1. The van der Waals surface area contributed by atoms with Crippen LogP contribution >= 0.6 is 0 Å². The lowest BCUT2D eigenvalue weighted by molar-refractivity contribution is 0.304. The Morgan fingerprint density at radius 3 is 2.72 bits per heavy atom. The van der Waals surface area contributed by atoms with Crippen LogP contribution in [0.15, 0.2) is 12.4 Å². The summed E-state index contributed by atoms with van der Waals surface area (Å²) in [5.74, 6) is 5.92. The van der Waals surface area contributed by atoms with Crippen LogP contribution in [0, 0.1) is 0 Å². The van der Waals surface area contributed by atoms with Crippen molar-refractivity contribution in [3.63, 3.8) is 0 Å². The van der Waals surface area contributed by atoms with Gasteiger partial charge in [0.25, 0.3) is 0 Å². The Kier molecular flexibility index (Phi) is 3.53. The van der Waals surface area contributed by atoms with Gasteiger partial charge in [-0.2, -0.15) is 15.1 Å². The molecule has 0 bridgehead atoms. The molecule has 0 fully saturated rings. The maximum absolute atomic E-state index is 5.41. The molecular formula is C9H13N7O2. The average molecular weight is 251 g/mol. The molecule has 2 aromatic rings. The Balaban J connectivity index is 2.23. The highest BCUT2D eigenvalue weighted by atomic mass is 16.5. The zero-order chi connectivity index (χ0) is 13.0. The highest BCUT2D eigenvalue weighted by molar-refractivity contribution is 5.27. The van der Waals surface area contributed by atoms with Gasteiger partial charge in [-0.15, -0.1) is 4.98 Å². The molecule has 0 spiro atoms. The van der Waals surface area contributed by atoms with Crippen LogP contribution in [0.1, 0.15) is 6.92 Å². The van der Waals surface area contributed by atoms with Gasteiger partial charge in [-0.05, 0) is 6.92 Å². The number of anilines is 1. The van der Waals surface area contributed by atoms with Gasteiger partial charge in [0.1, 0.15) is 0 Å². The molecule has 9 heteroatoms. The van der Waals surface area contributed by atoms with Gasteiger partial charge in [-0.3, -0.25) is 10.1 Å². The van der Waals surface area contributed by atoms with E-state index in [2.05, 4.69) is 25.5 Å². The van der Waals surface area contributed by atoms with E-state index in [1.54, 1.807) is 24.1 Å². The number of aromatic nitrogens is 5. The second-order valence-electron chi connectivity index (χ2n) is 3.25. The fourth-order valence-electron chi connectivity index (χ4n) is 1.20. The molecule has 0 aliphatic heterocycles. The predicted molar refractivity (Wildman–Crippen MR) is 62.1 cm³/mol. The minimum Gasteiger partial charge on any atom is -0.464 e. The summed E-state index contributed by atoms with van der Waals surface area (Å²) in [5.41, 5.74) is 2.31. The van der Waals surface area contributed by atoms with Crippen molar-refractivity contribution in [2.24, 2.45) is 12.9 Å². The first-order valence-corrected chi connectivity index (χ1v) is 5.23. The van der Waals surface area contributed by atoms with Gasteiger partial charge in [0.2, 0.25) is 5.95 Å². The van der Waals surface area contributed by atoms with E-state index in [9.17, 15) is 0 Å². The maximum Gasteiger partial charge on any atom is 0.330 e. The summed E-state index contributed by atoms with van der Waals surface area (Å²) in [6.45, 7) is 2.25. The van der Waals surface area contributed by atoms with Crippen LogP contribution in [0.25, 0.3) is 0 Å². The van der Waals surface area contributed by atoms with Gasteiger partial charge < -0.3 is 9.47 Å². The molecule has 0 atom stereocenters. The Hall–Kier alpha value is -2.42. The van der Waals surface area contributed by atoms with E-state index >= 15 is 0 Å². The van der Waals surface area contributed by atoms with Crippen molar-refractivity contribution in [2.45, 2.75) is 6.92 Å². The third-order valence-corrected chi connectivity index (χ3v) is 1.89. The Morgan fingerprint density at radius 2 is 2.11 bits per heavy atom. The Bertz CT molecular complexity index is 527. The van der Waals surface area contributed by atoms with Crippen LogP contribution < -0.4 is 20.7 Å². The Morgan fingerprint density at radius 1 is 1.33 bits per heavy atom. The van der Waals surface area contributed by atoms with Gasteiger partial charge >= 0.3 is 12.0 Å². The van der Waals surface area contributed by atoms with E-state index in [-0.39, 0.29) is 18.0 Å². The minimum atomic E-state index is 0.0781. The molecule has 0 aromatic carbocycles. The molecule has 0 amide bonds. The monoisotopic (exact) mass is 251 g/mol. The number of nitrogens with zero attached hydrogens (tertiary/aromatic N) is 5. The van der Waals surface area contributed by atoms with Crippen molar-refractivity contribution >= 4 is 5.95 Å². The number of hydrazine groups is 1. The third kappa shape index (κ3) is 2.83. The summed E-state index contributed by atoms with van der Waals surface area (Å²) < 4.78 is 12.2. The topological polar surface area (TPSA) is 113 Å². The number of hydrogen-bond acceptors (Lipinski definition) is 8. The number of nitrogens with one attached hydrogen (secondary N) is 1. The molecule has 0 radical (unpaired) electrons. The first-order chi connectivity index (χ1) is 8.71. The summed E-state index contributed by atoms with van der Waals surface area (Å²) in [5, 5.41) is 3.96. The quantitative estimate of drug-likeness (QED) is 0.567. The van der Waals surface area contributed by atoms with Crippen molar-refractivity contribution in [2.75, 3.05) is 12.0 Å². The van der Waals surface area contributed by atoms with Crippen molar-refractivity contribution in [1.82, 2.24) is 24.7 Å². The second-order valence-corrected chi connectivity index (χ2v) is 3.25. The summed E-state index contributed by atoms with van der Waals surface area (Å²) in [4.78, 5) is 11.8. The second kappa shape index (κ2) is 5.27. The molecule has 2 heterocycles. The molecule has 0 unspecified atom stereocenters. The van der Waals surface area contributed by atoms with E-state index < -0.39 is 0 Å². The number of hydrogen-bond donors (Lipinski definition) is 2. The molecule has 0 saturated heterocycles. The van der Waals surface area contributed by atoms with Crippen LogP contribution in [-0.2, 0) is 7.05 Å². The summed E-state index contributed by atoms with van der Waals surface area (Å²) >= 11 is 0. The molecule has 0 saturated carbocycles. The molecule has 0 aliphatic carbocycles. The smallest absolute Gasteiger partial charge is 0.330 e. The normalized spacial score (nSPS) is 10.2. The maximum atomic E-state index is 5.41. The summed E-state index contributed by atoms with van der Waals surface area (Å²) in [7, 11) is 1.78. The fraction of sp³-hybridized carbons (Fsp3) is 0.333. The molecule has 3 N–H and O–H groups in total. The van der Waals surface area contributed by atoms with E-state index in [0.29, 0.717) is 12.4 Å². The first kappa shape index (κ1) is 12.0. The van der Waals surface area contributed by atoms with Gasteiger partial charge in [0.05, 0.1) is 19.0 Å². The largest absolute Gasteiger partial charge is 0.464 e. The van der Waals surface area contributed by atoms with Crippen LogP contribution in [0.5, 0.6) is 17.8 Å². The summed E-state index contributed by atoms with van der Waals surface area (Å²) in [6, 6.07) is 0.216. The van der Waals surface area contributed by atoms with Gasteiger partial charge in [-0.25, -0.2) is 5.84 Å². The van der Waals surface area contributed by atoms with Crippen molar-refractivity contribution in [1.29, 1.82) is 0 Å². The fourth-order valence-corrected chi connectivity index (χ4v) is 1.20. The molecule has 9 nitrogen and oxygen atoms in total. The standard InChI is InChI=1S/C9H13N7O2/c1-3-17-8-12-7(15-10)13-9(14-8)18-6-4-11-16(2)5-6/h4-5H,3,10H2,1-2H3,(H,12,13,14,15). The highest BCUT2D eigenvalue weighted by Gasteiger charge is 2.09. The van der Waals surface area contributed by atoms with Crippen LogP contribution in [0.3, 0.4) is 0 Å². The van der Waals surface area contributed by atoms with Gasteiger partial charge in [-0.1, -0.05) is 0 Å². The predicted octanol–water partition coefficient (Wildman–Crippen LogP) is 0.0817. The number of aryl methyl sites for hydroxylation is 1. The lowest BCUT2D eigenvalue weighted by Gasteiger charge is -2.06. The zero-order valence-corrected chi connectivity index (χ0v) is 9.99. The molecule has 2 rings (SSSR count). The van der Waals surface area contributed by atoms with Gasteiger partial charge in [0.15, 0.2) is 5.75 Å². The molecular weight excluding hydrogens is 238 g/mol. The van der Waals surface area contributed by atoms with E-state index in [4.69, 9.17) is 15.3 Å². The SMILES string of the molecule is CCOc1nc(NN)nc(Oc2cnn(C)c2)n1. The lowest BCUT2D eigenvalue weighted by Crippen LogP contribution is -2.12. The number of ether oxygens (including phenoxy) is 2. The molecule has 18 heavy (non-hydrogen) atoms. The number of nitrogen functional groups attached to an aromatic ring is 1. The Labute approximate surface area is 103 Å². The van der Waals surface area contributed by atoms with E-state index in [0.717, 1.165) is 0 Å². The van der Waals surface area contributed by atoms with Crippen molar-refractivity contribution in [3.8, 4) is 17.8 Å². The summed E-state index contributed by atoms with van der Waals surface area (Å²) in [6.07, 6.45) is 3.22. The van der Waals surface area contributed by atoms with Crippen LogP contribution in [0.2, 0.25) is 0 Å². The average Bonchev–Trinajstić information content (AvgIpc) is 2.75. The third-order valence-electron chi connectivity index (χ3n) is 1.89. The zero-order valence-electron chi connectivity index (χ0n) is 9.99. The van der Waals surface area contributed by atoms with Gasteiger partial charge in [0, 0.05) is 7.05 Å². The van der Waals surface area contributed by atoms with E-state index in [1.165, 1.54) is 0 Å². The van der Waals surface area contributed by atoms with Crippen molar-refractivity contribution in [3.05, 3.63) is 12.4 Å². The first-order valence-electron chi connectivity index (χ1n) is 5.23. The molecule has 2 aromatic heterocycles. The van der Waals surface area contributed by atoms with E-state index in [1.807, 2.05) is 6.92 Å². The number of rotatable bonds is 5. The molecule has 0 aliphatic rings. The van der Waals surface area contributed by atoms with Crippen LogP contribution in [-0.4, -0.2) is 31.3 Å². The minimum absolute atomic E-state index is 0.0781. The van der Waals surface area contributed by atoms with Crippen LogP contribution in [0.4, 0.5) is 5.95 Å². The highest BCUT2D eigenvalue weighted by Crippen LogP contribution is 2.19. The van der Waals surface area contributed by atoms with Crippen molar-refractivity contribution < 1.29 is 9.47 Å².